The zero-order valence-corrected chi connectivity index (χ0v) is 13.7. The number of carboxylic acids is 1. The summed E-state index contributed by atoms with van der Waals surface area (Å²) in [5.74, 6) is -2.82. The van der Waals surface area contributed by atoms with Gasteiger partial charge in [0.15, 0.2) is 5.54 Å². The topological polar surface area (TPSA) is 162 Å². The number of amides is 2. The van der Waals surface area contributed by atoms with Crippen molar-refractivity contribution in [3.63, 3.8) is 0 Å². The minimum absolute atomic E-state index is 0.0200. The Balaban J connectivity index is 2.08. The van der Waals surface area contributed by atoms with Crippen molar-refractivity contribution in [2.24, 2.45) is 5.73 Å². The molecule has 1 aliphatic heterocycles. The van der Waals surface area contributed by atoms with Gasteiger partial charge in [-0.15, -0.1) is 11.8 Å². The molecule has 1 fully saturated rings. The molecular formula is C14H15N3O7S. The number of carbonyl (C=O) groups is 3. The predicted molar refractivity (Wildman–Crippen MR) is 86.3 cm³/mol. The summed E-state index contributed by atoms with van der Waals surface area (Å²) in [6.07, 6.45) is 0.145. The van der Waals surface area contributed by atoms with Gasteiger partial charge in [0.2, 0.25) is 11.8 Å². The van der Waals surface area contributed by atoms with Crippen molar-refractivity contribution in [3.8, 4) is 0 Å². The summed E-state index contributed by atoms with van der Waals surface area (Å²) in [6, 6.07) is 3.67. The number of primary amides is 1. The van der Waals surface area contributed by atoms with Crippen LogP contribution in [0.3, 0.4) is 0 Å². The maximum atomic E-state index is 12.0. The van der Waals surface area contributed by atoms with E-state index in [2.05, 4.69) is 5.32 Å². The number of nitrogens with zero attached hydrogens (tertiary/aromatic N) is 1. The standard InChI is InChI=1S/C14H15N3O7S/c15-12(19)8-1-2-10(9(5-8)17(22)23)25-6-11(18)16-14(13(20)21)3-4-24-7-14/h1-2,5H,3-4,6-7H2,(H2,15,19)(H,16,18)(H,20,21). The van der Waals surface area contributed by atoms with E-state index in [4.69, 9.17) is 10.5 Å². The van der Waals surface area contributed by atoms with Crippen molar-refractivity contribution in [1.29, 1.82) is 0 Å². The van der Waals surface area contributed by atoms with Crippen LogP contribution in [-0.2, 0) is 14.3 Å². The molecule has 0 aliphatic carbocycles. The Labute approximate surface area is 145 Å². The van der Waals surface area contributed by atoms with Gasteiger partial charge in [-0.05, 0) is 12.1 Å². The number of ether oxygens (including phenoxy) is 1. The van der Waals surface area contributed by atoms with Gasteiger partial charge in [0.05, 0.1) is 22.2 Å². The first-order valence-corrected chi connectivity index (χ1v) is 8.07. The Morgan fingerprint density at radius 3 is 2.68 bits per heavy atom. The zero-order chi connectivity index (χ0) is 18.6. The Bertz CT molecular complexity index is 731. The average Bonchev–Trinajstić information content (AvgIpc) is 3.02. The molecule has 0 aromatic heterocycles. The van der Waals surface area contributed by atoms with E-state index in [1.165, 1.54) is 12.1 Å². The molecule has 1 aliphatic rings. The van der Waals surface area contributed by atoms with Gasteiger partial charge in [-0.1, -0.05) is 0 Å². The third-order valence-corrected chi connectivity index (χ3v) is 4.67. The number of thioether (sulfide) groups is 1. The van der Waals surface area contributed by atoms with E-state index in [1.807, 2.05) is 0 Å². The number of nitrogens with one attached hydrogen (secondary N) is 1. The maximum Gasteiger partial charge on any atom is 0.331 e. The highest BCUT2D eigenvalue weighted by atomic mass is 32.2. The molecule has 25 heavy (non-hydrogen) atoms. The number of nitrogens with two attached hydrogens (primary N) is 1. The second-order valence-electron chi connectivity index (χ2n) is 5.33. The number of carboxylic acid groups (broad SMARTS) is 1. The molecule has 1 saturated heterocycles. The molecule has 0 spiro atoms. The van der Waals surface area contributed by atoms with Crippen LogP contribution in [0, 0.1) is 10.1 Å². The van der Waals surface area contributed by atoms with Gasteiger partial charge in [0.1, 0.15) is 0 Å². The number of hydrogen-bond donors (Lipinski definition) is 3. The van der Waals surface area contributed by atoms with Crippen LogP contribution in [0.1, 0.15) is 16.8 Å². The van der Waals surface area contributed by atoms with Crippen LogP contribution in [0.4, 0.5) is 5.69 Å². The van der Waals surface area contributed by atoms with Crippen LogP contribution in [0.15, 0.2) is 23.1 Å². The minimum atomic E-state index is -1.47. The summed E-state index contributed by atoms with van der Waals surface area (Å²) in [6.45, 7) is 0.0893. The molecule has 2 rings (SSSR count). The third kappa shape index (κ3) is 4.25. The second-order valence-corrected chi connectivity index (χ2v) is 6.35. The SMILES string of the molecule is NC(=O)c1ccc(SCC(=O)NC2(C(=O)O)CCOC2)c([N+](=O)[O-])c1. The molecule has 0 bridgehead atoms. The predicted octanol–water partition coefficient (Wildman–Crippen LogP) is 0.146. The van der Waals surface area contributed by atoms with Gasteiger partial charge in [-0.3, -0.25) is 19.7 Å². The fourth-order valence-corrected chi connectivity index (χ4v) is 3.07. The lowest BCUT2D eigenvalue weighted by Crippen LogP contribution is -2.55. The smallest absolute Gasteiger partial charge is 0.331 e. The molecule has 134 valence electrons. The Morgan fingerprint density at radius 2 is 2.16 bits per heavy atom. The first-order chi connectivity index (χ1) is 11.7. The second kappa shape index (κ2) is 7.49. The Kier molecular flexibility index (Phi) is 5.59. The van der Waals surface area contributed by atoms with Gasteiger partial charge < -0.3 is 20.9 Å². The Morgan fingerprint density at radius 1 is 1.44 bits per heavy atom. The molecule has 1 atom stereocenters. The van der Waals surface area contributed by atoms with Crippen molar-refractivity contribution in [1.82, 2.24) is 5.32 Å². The maximum absolute atomic E-state index is 12.0. The summed E-state index contributed by atoms with van der Waals surface area (Å²) >= 11 is 0.858. The molecule has 1 aromatic carbocycles. The number of benzene rings is 1. The van der Waals surface area contributed by atoms with Crippen molar-refractivity contribution in [3.05, 3.63) is 33.9 Å². The highest BCUT2D eigenvalue weighted by Gasteiger charge is 2.43. The van der Waals surface area contributed by atoms with E-state index >= 15 is 0 Å². The van der Waals surface area contributed by atoms with E-state index in [0.29, 0.717) is 0 Å². The van der Waals surface area contributed by atoms with Gasteiger partial charge in [-0.2, -0.15) is 0 Å². The molecule has 11 heteroatoms. The molecule has 1 aromatic rings. The van der Waals surface area contributed by atoms with Crippen molar-refractivity contribution in [2.75, 3.05) is 19.0 Å². The lowest BCUT2D eigenvalue weighted by Gasteiger charge is -2.23. The van der Waals surface area contributed by atoms with Crippen molar-refractivity contribution >= 4 is 35.2 Å². The first kappa shape index (κ1) is 18.7. The number of hydrogen-bond acceptors (Lipinski definition) is 7. The normalized spacial score (nSPS) is 19.4. The molecule has 2 amide bonds. The van der Waals surface area contributed by atoms with Gasteiger partial charge >= 0.3 is 5.97 Å². The molecule has 0 saturated carbocycles. The van der Waals surface area contributed by atoms with E-state index in [1.54, 1.807) is 0 Å². The van der Waals surface area contributed by atoms with Crippen LogP contribution in [0.25, 0.3) is 0 Å². The third-order valence-electron chi connectivity index (χ3n) is 3.61. The highest BCUT2D eigenvalue weighted by molar-refractivity contribution is 8.00. The van der Waals surface area contributed by atoms with E-state index in [-0.39, 0.29) is 41.5 Å². The highest BCUT2D eigenvalue weighted by Crippen LogP contribution is 2.30. The minimum Gasteiger partial charge on any atom is -0.479 e. The molecular weight excluding hydrogens is 354 g/mol. The summed E-state index contributed by atoms with van der Waals surface area (Å²) in [5, 5.41) is 22.8. The van der Waals surface area contributed by atoms with Crippen molar-refractivity contribution < 1.29 is 29.2 Å². The van der Waals surface area contributed by atoms with Crippen LogP contribution in [0.5, 0.6) is 0 Å². The summed E-state index contributed by atoms with van der Waals surface area (Å²) in [7, 11) is 0. The average molecular weight is 369 g/mol. The molecule has 1 unspecified atom stereocenters. The number of rotatable bonds is 7. The van der Waals surface area contributed by atoms with Crippen LogP contribution >= 0.6 is 11.8 Å². The fraction of sp³-hybridized carbons (Fsp3) is 0.357. The van der Waals surface area contributed by atoms with Gasteiger partial charge in [0.25, 0.3) is 5.69 Å². The van der Waals surface area contributed by atoms with E-state index < -0.39 is 28.2 Å². The number of nitro groups is 1. The van der Waals surface area contributed by atoms with Crippen LogP contribution in [-0.4, -0.2) is 52.3 Å². The molecule has 0 radical (unpaired) electrons. The van der Waals surface area contributed by atoms with Crippen molar-refractivity contribution in [2.45, 2.75) is 16.9 Å². The molecule has 10 nitrogen and oxygen atoms in total. The number of nitro benzene ring substituents is 1. The van der Waals surface area contributed by atoms with E-state index in [9.17, 15) is 29.6 Å². The Hall–Kier alpha value is -2.66. The largest absolute Gasteiger partial charge is 0.479 e. The van der Waals surface area contributed by atoms with Crippen LogP contribution in [0.2, 0.25) is 0 Å². The quantitative estimate of drug-likeness (QED) is 0.347. The number of carbonyl (C=O) groups excluding carboxylic acids is 2. The van der Waals surface area contributed by atoms with Crippen LogP contribution < -0.4 is 11.1 Å². The first-order valence-electron chi connectivity index (χ1n) is 7.08. The molecule has 4 N–H and O–H groups in total. The lowest BCUT2D eigenvalue weighted by molar-refractivity contribution is -0.387. The van der Waals surface area contributed by atoms with Gasteiger partial charge in [-0.25, -0.2) is 4.79 Å². The monoisotopic (exact) mass is 369 g/mol. The zero-order valence-electron chi connectivity index (χ0n) is 12.9. The van der Waals surface area contributed by atoms with E-state index in [0.717, 1.165) is 17.8 Å². The lowest BCUT2D eigenvalue weighted by atomic mass is 9.99. The summed E-state index contributed by atoms with van der Waals surface area (Å²) in [4.78, 5) is 45.1. The number of aliphatic carboxylic acids is 1. The van der Waals surface area contributed by atoms with Gasteiger partial charge in [0, 0.05) is 24.7 Å². The molecule has 1 heterocycles. The fourth-order valence-electron chi connectivity index (χ4n) is 2.27. The summed E-state index contributed by atoms with van der Waals surface area (Å²) < 4.78 is 5.04. The summed E-state index contributed by atoms with van der Waals surface area (Å²) in [5.41, 5.74) is 3.24.